The lowest BCUT2D eigenvalue weighted by Gasteiger charge is -2.35. The van der Waals surface area contributed by atoms with Gasteiger partial charge in [-0.3, -0.25) is 4.79 Å². The van der Waals surface area contributed by atoms with E-state index in [1.807, 2.05) is 0 Å². The van der Waals surface area contributed by atoms with Gasteiger partial charge >= 0.3 is 0 Å². The third-order valence-electron chi connectivity index (χ3n) is 5.26. The number of likely N-dealkylation sites (tertiary alicyclic amines) is 1. The van der Waals surface area contributed by atoms with Crippen molar-refractivity contribution in [3.05, 3.63) is 29.6 Å². The molecule has 1 atom stereocenters. The normalized spacial score (nSPS) is 20.5. The number of benzene rings is 1. The average molecular weight is 407 g/mol. The highest BCUT2D eigenvalue weighted by Gasteiger charge is 2.29. The van der Waals surface area contributed by atoms with Gasteiger partial charge in [0.2, 0.25) is 0 Å². The lowest BCUT2D eigenvalue weighted by molar-refractivity contribution is 0.0740. The molecule has 2 aliphatic rings. The second-order valence-corrected chi connectivity index (χ2v) is 6.62. The first-order valence-corrected chi connectivity index (χ1v) is 8.92. The summed E-state index contributed by atoms with van der Waals surface area (Å²) in [6.07, 6.45) is 1.90. The van der Waals surface area contributed by atoms with Crippen molar-refractivity contribution in [2.75, 3.05) is 50.7 Å². The summed E-state index contributed by atoms with van der Waals surface area (Å²) in [5, 5.41) is 0. The standard InChI is InChI=1S/C18H27FN4O.2ClH/c1-2-21-8-10-22(11-9-21)17-6-5-14(12-16(17)19)18(24)23-7-3-4-15(23)13-20;;/h5-6,12,15H,2-4,7-11,13,20H2,1H3;2*1H. The summed E-state index contributed by atoms with van der Waals surface area (Å²) in [4.78, 5) is 18.8. The molecule has 2 N–H and O–H groups in total. The molecule has 148 valence electrons. The van der Waals surface area contributed by atoms with Gasteiger partial charge in [-0.25, -0.2) is 4.39 Å². The van der Waals surface area contributed by atoms with Crippen molar-refractivity contribution in [2.45, 2.75) is 25.8 Å². The van der Waals surface area contributed by atoms with Crippen LogP contribution >= 0.6 is 24.8 Å². The summed E-state index contributed by atoms with van der Waals surface area (Å²) in [6.45, 7) is 7.88. The number of hydrogen-bond donors (Lipinski definition) is 1. The van der Waals surface area contributed by atoms with Gasteiger partial charge in [-0.1, -0.05) is 6.92 Å². The fourth-order valence-corrected chi connectivity index (χ4v) is 3.72. The lowest BCUT2D eigenvalue weighted by atomic mass is 10.1. The van der Waals surface area contributed by atoms with Crippen LogP contribution in [0.2, 0.25) is 0 Å². The molecule has 1 amide bonds. The number of nitrogens with zero attached hydrogens (tertiary/aromatic N) is 3. The van der Waals surface area contributed by atoms with Crippen LogP contribution in [0.3, 0.4) is 0 Å². The van der Waals surface area contributed by atoms with Crippen LogP contribution in [0.4, 0.5) is 10.1 Å². The third-order valence-corrected chi connectivity index (χ3v) is 5.26. The Morgan fingerprint density at radius 3 is 2.46 bits per heavy atom. The summed E-state index contributed by atoms with van der Waals surface area (Å²) in [6, 6.07) is 4.97. The number of carbonyl (C=O) groups excluding carboxylic acids is 1. The molecule has 0 aliphatic carbocycles. The van der Waals surface area contributed by atoms with Crippen LogP contribution in [0.15, 0.2) is 18.2 Å². The predicted molar refractivity (Wildman–Crippen MR) is 108 cm³/mol. The van der Waals surface area contributed by atoms with E-state index in [2.05, 4.69) is 16.7 Å². The van der Waals surface area contributed by atoms with Gasteiger partial charge in [0.1, 0.15) is 5.82 Å². The molecule has 3 rings (SSSR count). The molecule has 0 aromatic heterocycles. The van der Waals surface area contributed by atoms with Crippen LogP contribution in [0, 0.1) is 5.82 Å². The largest absolute Gasteiger partial charge is 0.367 e. The Morgan fingerprint density at radius 1 is 1.19 bits per heavy atom. The van der Waals surface area contributed by atoms with E-state index < -0.39 is 0 Å². The van der Waals surface area contributed by atoms with Crippen molar-refractivity contribution in [1.82, 2.24) is 9.80 Å². The van der Waals surface area contributed by atoms with E-state index in [1.165, 1.54) is 6.07 Å². The van der Waals surface area contributed by atoms with Crippen molar-refractivity contribution >= 4 is 36.4 Å². The van der Waals surface area contributed by atoms with Gasteiger partial charge in [-0.05, 0) is 37.6 Å². The zero-order valence-electron chi connectivity index (χ0n) is 15.2. The molecule has 2 aliphatic heterocycles. The van der Waals surface area contributed by atoms with Crippen molar-refractivity contribution < 1.29 is 9.18 Å². The van der Waals surface area contributed by atoms with E-state index in [9.17, 15) is 9.18 Å². The van der Waals surface area contributed by atoms with Crippen LogP contribution in [-0.2, 0) is 0 Å². The maximum Gasteiger partial charge on any atom is 0.254 e. The third kappa shape index (κ3) is 4.80. The maximum absolute atomic E-state index is 14.6. The minimum Gasteiger partial charge on any atom is -0.367 e. The molecule has 26 heavy (non-hydrogen) atoms. The smallest absolute Gasteiger partial charge is 0.254 e. The van der Waals surface area contributed by atoms with Crippen LogP contribution < -0.4 is 10.6 Å². The van der Waals surface area contributed by atoms with E-state index >= 15 is 0 Å². The highest BCUT2D eigenvalue weighted by atomic mass is 35.5. The number of piperazine rings is 1. The molecule has 5 nitrogen and oxygen atoms in total. The number of halogens is 3. The van der Waals surface area contributed by atoms with Crippen LogP contribution in [-0.4, -0.2) is 67.6 Å². The molecular weight excluding hydrogens is 378 g/mol. The Kier molecular flexibility index (Phi) is 9.10. The monoisotopic (exact) mass is 406 g/mol. The fourth-order valence-electron chi connectivity index (χ4n) is 3.72. The Bertz CT molecular complexity index is 597. The molecule has 1 aromatic carbocycles. The molecule has 8 heteroatoms. The summed E-state index contributed by atoms with van der Waals surface area (Å²) >= 11 is 0. The quantitative estimate of drug-likeness (QED) is 0.833. The van der Waals surface area contributed by atoms with Gasteiger partial charge in [0, 0.05) is 50.9 Å². The highest BCUT2D eigenvalue weighted by Crippen LogP contribution is 2.25. The number of likely N-dealkylation sites (N-methyl/N-ethyl adjacent to an activating group) is 1. The first kappa shape index (κ1) is 23.0. The number of rotatable bonds is 4. The molecule has 0 saturated carbocycles. The number of anilines is 1. The summed E-state index contributed by atoms with van der Waals surface area (Å²) in [5.74, 6) is -0.418. The summed E-state index contributed by atoms with van der Waals surface area (Å²) in [5.41, 5.74) is 6.75. The fraction of sp³-hybridized carbons (Fsp3) is 0.611. The molecule has 0 bridgehead atoms. The van der Waals surface area contributed by atoms with Crippen molar-refractivity contribution in [3.63, 3.8) is 0 Å². The Hall–Kier alpha value is -1.08. The van der Waals surface area contributed by atoms with Gasteiger partial charge < -0.3 is 20.4 Å². The Balaban J connectivity index is 0.00000169. The average Bonchev–Trinajstić information content (AvgIpc) is 3.10. The predicted octanol–water partition coefficient (Wildman–Crippen LogP) is 2.37. The number of nitrogens with two attached hydrogens (primary N) is 1. The van der Waals surface area contributed by atoms with Gasteiger partial charge in [0.05, 0.1) is 5.69 Å². The number of carbonyl (C=O) groups is 1. The van der Waals surface area contributed by atoms with Crippen molar-refractivity contribution in [2.24, 2.45) is 5.73 Å². The first-order chi connectivity index (χ1) is 11.6. The van der Waals surface area contributed by atoms with E-state index in [0.29, 0.717) is 24.3 Å². The Labute approximate surface area is 167 Å². The van der Waals surface area contributed by atoms with Crippen LogP contribution in [0.25, 0.3) is 0 Å². The summed E-state index contributed by atoms with van der Waals surface area (Å²) < 4.78 is 14.6. The maximum atomic E-state index is 14.6. The molecule has 1 aromatic rings. The molecular formula is C18H29Cl2FN4O. The minimum atomic E-state index is -0.311. The minimum absolute atomic E-state index is 0. The van der Waals surface area contributed by atoms with Crippen LogP contribution in [0.1, 0.15) is 30.1 Å². The van der Waals surface area contributed by atoms with Gasteiger partial charge in [0.15, 0.2) is 0 Å². The first-order valence-electron chi connectivity index (χ1n) is 8.92. The molecule has 0 spiro atoms. The summed E-state index contributed by atoms with van der Waals surface area (Å²) in [7, 11) is 0. The zero-order valence-corrected chi connectivity index (χ0v) is 16.8. The van der Waals surface area contributed by atoms with E-state index in [-0.39, 0.29) is 42.6 Å². The Morgan fingerprint density at radius 2 is 1.88 bits per heavy atom. The van der Waals surface area contributed by atoms with E-state index in [1.54, 1.807) is 17.0 Å². The second kappa shape index (κ2) is 10.3. The highest BCUT2D eigenvalue weighted by molar-refractivity contribution is 5.95. The van der Waals surface area contributed by atoms with Crippen molar-refractivity contribution in [1.29, 1.82) is 0 Å². The molecule has 2 fully saturated rings. The number of amides is 1. The van der Waals surface area contributed by atoms with Crippen LogP contribution in [0.5, 0.6) is 0 Å². The number of hydrogen-bond acceptors (Lipinski definition) is 4. The zero-order chi connectivity index (χ0) is 17.1. The lowest BCUT2D eigenvalue weighted by Crippen LogP contribution is -2.46. The molecule has 2 heterocycles. The van der Waals surface area contributed by atoms with Crippen molar-refractivity contribution in [3.8, 4) is 0 Å². The topological polar surface area (TPSA) is 52.8 Å². The van der Waals surface area contributed by atoms with Gasteiger partial charge in [-0.2, -0.15) is 0 Å². The van der Waals surface area contributed by atoms with Gasteiger partial charge in [-0.15, -0.1) is 24.8 Å². The SMILES string of the molecule is CCN1CCN(c2ccc(C(=O)N3CCCC3CN)cc2F)CC1.Cl.Cl. The molecule has 1 unspecified atom stereocenters. The molecule has 2 saturated heterocycles. The van der Waals surface area contributed by atoms with E-state index in [4.69, 9.17) is 5.73 Å². The molecule has 0 radical (unpaired) electrons. The van der Waals surface area contributed by atoms with Gasteiger partial charge in [0.25, 0.3) is 5.91 Å². The van der Waals surface area contributed by atoms with E-state index in [0.717, 1.165) is 45.6 Å². The second-order valence-electron chi connectivity index (χ2n) is 6.62.